The van der Waals surface area contributed by atoms with Crippen LogP contribution in [-0.4, -0.2) is 9.97 Å². The lowest BCUT2D eigenvalue weighted by molar-refractivity contribution is -0.137. The summed E-state index contributed by atoms with van der Waals surface area (Å²) in [6, 6.07) is 11.7. The fourth-order valence-electron chi connectivity index (χ4n) is 2.21. The Morgan fingerprint density at radius 2 is 1.46 bits per heavy atom. The lowest BCUT2D eigenvalue weighted by Gasteiger charge is -2.14. The van der Waals surface area contributed by atoms with Gasteiger partial charge in [0, 0.05) is 16.4 Å². The van der Waals surface area contributed by atoms with Gasteiger partial charge >= 0.3 is 6.18 Å². The molecule has 0 aliphatic carbocycles. The van der Waals surface area contributed by atoms with Crippen LogP contribution < -0.4 is 16.4 Å². The molecule has 3 aromatic rings. The van der Waals surface area contributed by atoms with Crippen LogP contribution in [0.5, 0.6) is 0 Å². The molecule has 0 aliphatic heterocycles. The maximum atomic E-state index is 12.8. The molecule has 2 aromatic carbocycles. The number of rotatable bonds is 4. The fraction of sp³-hybridized carbons (Fsp3) is 0.0588. The summed E-state index contributed by atoms with van der Waals surface area (Å²) in [6.45, 7) is 0. The molecule has 1 aromatic heterocycles. The summed E-state index contributed by atoms with van der Waals surface area (Å²) in [6.07, 6.45) is -3.19. The highest BCUT2D eigenvalue weighted by atomic mass is 35.5. The molecule has 0 saturated carbocycles. The molecule has 1 heterocycles. The van der Waals surface area contributed by atoms with Crippen molar-refractivity contribution in [1.29, 1.82) is 0 Å². The van der Waals surface area contributed by atoms with Gasteiger partial charge < -0.3 is 16.4 Å². The maximum absolute atomic E-state index is 12.8. The van der Waals surface area contributed by atoms with E-state index in [4.69, 9.17) is 17.3 Å². The molecule has 0 radical (unpaired) electrons. The van der Waals surface area contributed by atoms with E-state index in [0.29, 0.717) is 16.5 Å². The second-order valence-corrected chi connectivity index (χ2v) is 5.76. The number of hydrogen-bond donors (Lipinski definition) is 3. The first-order chi connectivity index (χ1) is 12.3. The largest absolute Gasteiger partial charge is 0.416 e. The van der Waals surface area contributed by atoms with Gasteiger partial charge in [-0.05, 0) is 36.4 Å². The molecule has 0 spiro atoms. The fourth-order valence-corrected chi connectivity index (χ4v) is 2.40. The van der Waals surface area contributed by atoms with Crippen LogP contribution in [0, 0.1) is 0 Å². The number of nitrogens with one attached hydrogen (secondary N) is 2. The van der Waals surface area contributed by atoms with E-state index in [2.05, 4.69) is 20.6 Å². The van der Waals surface area contributed by atoms with Crippen molar-refractivity contribution in [3.63, 3.8) is 0 Å². The highest BCUT2D eigenvalue weighted by Crippen LogP contribution is 2.33. The predicted molar refractivity (Wildman–Crippen MR) is 95.9 cm³/mol. The molecular formula is C17H13ClF3N5. The van der Waals surface area contributed by atoms with Gasteiger partial charge in [0.2, 0.25) is 0 Å². The molecule has 0 aliphatic rings. The van der Waals surface area contributed by atoms with Gasteiger partial charge in [-0.3, -0.25) is 0 Å². The zero-order chi connectivity index (χ0) is 18.7. The summed E-state index contributed by atoms with van der Waals surface area (Å²) in [7, 11) is 0. The van der Waals surface area contributed by atoms with Crippen molar-refractivity contribution in [3.8, 4) is 0 Å². The predicted octanol–water partition coefficient (Wildman–Crippen LogP) is 5.22. The number of benzene rings is 2. The van der Waals surface area contributed by atoms with Crippen LogP contribution in [0.15, 0.2) is 54.9 Å². The van der Waals surface area contributed by atoms with Crippen LogP contribution in [-0.2, 0) is 6.18 Å². The Hall–Kier alpha value is -3.00. The van der Waals surface area contributed by atoms with Gasteiger partial charge in [-0.1, -0.05) is 23.7 Å². The summed E-state index contributed by atoms with van der Waals surface area (Å²) < 4.78 is 38.5. The second-order valence-electron chi connectivity index (χ2n) is 5.32. The molecule has 0 saturated heterocycles. The van der Waals surface area contributed by atoms with Crippen LogP contribution in [0.1, 0.15) is 5.56 Å². The molecule has 9 heteroatoms. The van der Waals surface area contributed by atoms with E-state index in [9.17, 15) is 13.2 Å². The number of hydrogen-bond acceptors (Lipinski definition) is 5. The minimum Gasteiger partial charge on any atom is -0.393 e. The zero-order valence-electron chi connectivity index (χ0n) is 13.2. The topological polar surface area (TPSA) is 75.9 Å². The van der Waals surface area contributed by atoms with Crippen molar-refractivity contribution in [2.45, 2.75) is 6.18 Å². The molecule has 0 bridgehead atoms. The van der Waals surface area contributed by atoms with Gasteiger partial charge in [-0.25, -0.2) is 9.97 Å². The smallest absolute Gasteiger partial charge is 0.393 e. The molecular weight excluding hydrogens is 367 g/mol. The molecule has 0 amide bonds. The third kappa shape index (κ3) is 4.15. The summed E-state index contributed by atoms with van der Waals surface area (Å²) in [5, 5.41) is 6.31. The molecule has 5 nitrogen and oxygen atoms in total. The van der Waals surface area contributed by atoms with Gasteiger partial charge in [-0.2, -0.15) is 13.2 Å². The van der Waals surface area contributed by atoms with Crippen molar-refractivity contribution in [3.05, 3.63) is 65.4 Å². The van der Waals surface area contributed by atoms with Crippen LogP contribution in [0.3, 0.4) is 0 Å². The normalized spacial score (nSPS) is 11.2. The van der Waals surface area contributed by atoms with E-state index < -0.39 is 11.7 Å². The third-order valence-corrected chi connectivity index (χ3v) is 3.66. The Labute approximate surface area is 152 Å². The molecule has 0 fully saturated rings. The molecule has 0 unspecified atom stereocenters. The van der Waals surface area contributed by atoms with Crippen molar-refractivity contribution in [2.24, 2.45) is 0 Å². The number of anilines is 5. The summed E-state index contributed by atoms with van der Waals surface area (Å²) in [5.41, 5.74) is 6.29. The maximum Gasteiger partial charge on any atom is 0.416 e. The Morgan fingerprint density at radius 3 is 2.04 bits per heavy atom. The zero-order valence-corrected chi connectivity index (χ0v) is 13.9. The molecule has 4 N–H and O–H groups in total. The number of alkyl halides is 3. The lowest BCUT2D eigenvalue weighted by atomic mass is 10.2. The van der Waals surface area contributed by atoms with Crippen molar-refractivity contribution in [2.75, 3.05) is 16.4 Å². The first-order valence-corrected chi connectivity index (χ1v) is 7.78. The van der Waals surface area contributed by atoms with Crippen molar-refractivity contribution < 1.29 is 13.2 Å². The summed E-state index contributed by atoms with van der Waals surface area (Å²) in [4.78, 5) is 8.04. The quantitative estimate of drug-likeness (QED) is 0.579. The van der Waals surface area contributed by atoms with Gasteiger partial charge in [0.15, 0.2) is 11.6 Å². The van der Waals surface area contributed by atoms with E-state index in [1.54, 1.807) is 24.3 Å². The van der Waals surface area contributed by atoms with E-state index in [1.165, 1.54) is 18.5 Å². The minimum absolute atomic E-state index is 0.157. The molecule has 26 heavy (non-hydrogen) atoms. The van der Waals surface area contributed by atoms with Gasteiger partial charge in [0.05, 0.1) is 5.56 Å². The molecule has 0 atom stereocenters. The third-order valence-electron chi connectivity index (χ3n) is 3.42. The van der Waals surface area contributed by atoms with Crippen molar-refractivity contribution in [1.82, 2.24) is 9.97 Å². The Balaban J connectivity index is 1.86. The Morgan fingerprint density at radius 1 is 0.885 bits per heavy atom. The highest BCUT2D eigenvalue weighted by molar-refractivity contribution is 6.30. The highest BCUT2D eigenvalue weighted by Gasteiger charge is 2.30. The van der Waals surface area contributed by atoms with E-state index in [1.807, 2.05) is 0 Å². The SMILES string of the molecule is Nc1c(Nc2cccc(Cl)c2)ncnc1Nc1cccc(C(F)(F)F)c1. The minimum atomic E-state index is -4.44. The number of halogens is 4. The van der Waals surface area contributed by atoms with Crippen molar-refractivity contribution >= 4 is 40.3 Å². The summed E-state index contributed by atoms with van der Waals surface area (Å²) in [5.74, 6) is 0.487. The lowest BCUT2D eigenvalue weighted by Crippen LogP contribution is -2.07. The van der Waals surface area contributed by atoms with Gasteiger partial charge in [0.25, 0.3) is 0 Å². The number of aromatic nitrogens is 2. The Bertz CT molecular complexity index is 930. The standard InChI is InChI=1S/C17H13ClF3N5/c18-11-4-2-6-13(8-11)26-16-14(22)15(23-9-24-16)25-12-5-1-3-10(7-12)17(19,20)21/h1-9H,22H2,(H2,23,24,25,26). The van der Waals surface area contributed by atoms with E-state index in [-0.39, 0.29) is 17.2 Å². The second kappa shape index (κ2) is 7.09. The van der Waals surface area contributed by atoms with E-state index >= 15 is 0 Å². The average Bonchev–Trinajstić information content (AvgIpc) is 2.58. The molecule has 134 valence electrons. The summed E-state index contributed by atoms with van der Waals surface area (Å²) >= 11 is 5.93. The van der Waals surface area contributed by atoms with Crippen LogP contribution in [0.25, 0.3) is 0 Å². The van der Waals surface area contributed by atoms with Gasteiger partial charge in [-0.15, -0.1) is 0 Å². The number of nitrogens with zero attached hydrogens (tertiary/aromatic N) is 2. The van der Waals surface area contributed by atoms with E-state index in [0.717, 1.165) is 12.1 Å². The monoisotopic (exact) mass is 379 g/mol. The Kier molecular flexibility index (Phi) is 4.85. The molecule has 3 rings (SSSR count). The first-order valence-electron chi connectivity index (χ1n) is 7.40. The number of nitrogens with two attached hydrogens (primary N) is 1. The van der Waals surface area contributed by atoms with Crippen LogP contribution in [0.4, 0.5) is 41.9 Å². The van der Waals surface area contributed by atoms with Gasteiger partial charge in [0.1, 0.15) is 12.0 Å². The van der Waals surface area contributed by atoms with Crippen LogP contribution >= 0.6 is 11.6 Å². The number of nitrogen functional groups attached to an aromatic ring is 1. The van der Waals surface area contributed by atoms with Crippen LogP contribution in [0.2, 0.25) is 5.02 Å². The first kappa shape index (κ1) is 17.8. The average molecular weight is 380 g/mol.